The number of ether oxygens (including phenoxy) is 1. The number of nitrogens with zero attached hydrogens (tertiary/aromatic N) is 4. The van der Waals surface area contributed by atoms with E-state index in [-0.39, 0.29) is 24.6 Å². The standard InChI is InChI=1S/C20H18Cl2N4O2/c1-28-11-19(27)25-17(13-6-8-14(21)9-7-13)10-18(26-20(25)23-12-24-26)15-4-2-3-5-16(15)22/h2-9,12,17-18H,10-11H2,1H3/t17-,18-/m0/s1. The number of benzene rings is 2. The maximum atomic E-state index is 12.9. The fourth-order valence-corrected chi connectivity index (χ4v) is 4.03. The van der Waals surface area contributed by atoms with Crippen LogP contribution < -0.4 is 4.90 Å². The highest BCUT2D eigenvalue weighted by Gasteiger charge is 2.39. The van der Waals surface area contributed by atoms with Crippen LogP contribution in [0.5, 0.6) is 0 Å². The van der Waals surface area contributed by atoms with Gasteiger partial charge in [0.25, 0.3) is 5.91 Å². The molecule has 0 spiro atoms. The maximum Gasteiger partial charge on any atom is 0.255 e. The summed E-state index contributed by atoms with van der Waals surface area (Å²) in [5.41, 5.74) is 1.90. The summed E-state index contributed by atoms with van der Waals surface area (Å²) in [6.07, 6.45) is 2.05. The SMILES string of the molecule is COCC(=O)N1c2ncnn2[C@H](c2ccccc2Cl)C[C@H]1c1ccc(Cl)cc1. The van der Waals surface area contributed by atoms with Gasteiger partial charge >= 0.3 is 0 Å². The van der Waals surface area contributed by atoms with Gasteiger partial charge in [-0.25, -0.2) is 4.68 Å². The fraction of sp³-hybridized carbons (Fsp3) is 0.250. The number of rotatable bonds is 4. The van der Waals surface area contributed by atoms with Crippen LogP contribution in [0.3, 0.4) is 0 Å². The van der Waals surface area contributed by atoms with Crippen molar-refractivity contribution in [3.8, 4) is 0 Å². The first kappa shape index (κ1) is 18.9. The molecule has 0 fully saturated rings. The molecule has 0 saturated carbocycles. The molecule has 0 N–H and O–H groups in total. The number of methoxy groups -OCH3 is 1. The lowest BCUT2D eigenvalue weighted by molar-refractivity contribution is -0.123. The van der Waals surface area contributed by atoms with Gasteiger partial charge in [-0.1, -0.05) is 53.5 Å². The van der Waals surface area contributed by atoms with Crippen molar-refractivity contribution >= 4 is 35.1 Å². The lowest BCUT2D eigenvalue weighted by Gasteiger charge is -2.39. The van der Waals surface area contributed by atoms with E-state index in [2.05, 4.69) is 10.1 Å². The number of hydrogen-bond acceptors (Lipinski definition) is 4. The van der Waals surface area contributed by atoms with Gasteiger partial charge in [-0.2, -0.15) is 10.1 Å². The quantitative estimate of drug-likeness (QED) is 0.635. The van der Waals surface area contributed by atoms with E-state index >= 15 is 0 Å². The van der Waals surface area contributed by atoms with Crippen LogP contribution in [0.2, 0.25) is 10.0 Å². The predicted octanol–water partition coefficient (Wildman–Crippen LogP) is 4.30. The van der Waals surface area contributed by atoms with Crippen LogP contribution >= 0.6 is 23.2 Å². The molecule has 3 aromatic rings. The number of fused-ring (bicyclic) bond motifs is 1. The Morgan fingerprint density at radius 3 is 2.61 bits per heavy atom. The second-order valence-corrected chi connectivity index (χ2v) is 7.39. The molecule has 6 nitrogen and oxygen atoms in total. The Hall–Kier alpha value is -2.41. The topological polar surface area (TPSA) is 60.2 Å². The summed E-state index contributed by atoms with van der Waals surface area (Å²) in [6.45, 7) is -0.0479. The average Bonchev–Trinajstić information content (AvgIpc) is 3.18. The maximum absolute atomic E-state index is 12.9. The zero-order valence-electron chi connectivity index (χ0n) is 15.1. The van der Waals surface area contributed by atoms with E-state index in [4.69, 9.17) is 27.9 Å². The molecule has 1 aromatic heterocycles. The monoisotopic (exact) mass is 416 g/mol. The number of carbonyl (C=O) groups is 1. The number of carbonyl (C=O) groups excluding carboxylic acids is 1. The molecule has 2 atom stereocenters. The first-order valence-corrected chi connectivity index (χ1v) is 9.56. The van der Waals surface area contributed by atoms with Crippen molar-refractivity contribution in [2.75, 3.05) is 18.6 Å². The molecule has 8 heteroatoms. The van der Waals surface area contributed by atoms with E-state index in [9.17, 15) is 4.79 Å². The minimum Gasteiger partial charge on any atom is -0.375 e. The summed E-state index contributed by atoms with van der Waals surface area (Å²) in [5.74, 6) is 0.285. The Morgan fingerprint density at radius 1 is 1.14 bits per heavy atom. The number of aromatic nitrogens is 3. The van der Waals surface area contributed by atoms with Crippen molar-refractivity contribution in [3.63, 3.8) is 0 Å². The molecule has 0 aliphatic carbocycles. The Morgan fingerprint density at radius 2 is 1.89 bits per heavy atom. The van der Waals surface area contributed by atoms with Crippen molar-refractivity contribution in [2.45, 2.75) is 18.5 Å². The molecular weight excluding hydrogens is 399 g/mol. The van der Waals surface area contributed by atoms with Crippen molar-refractivity contribution in [1.82, 2.24) is 14.8 Å². The molecule has 1 amide bonds. The van der Waals surface area contributed by atoms with Crippen molar-refractivity contribution in [1.29, 1.82) is 0 Å². The molecule has 4 rings (SSSR count). The van der Waals surface area contributed by atoms with E-state index in [0.717, 1.165) is 11.1 Å². The van der Waals surface area contributed by atoms with Crippen molar-refractivity contribution in [3.05, 3.63) is 76.0 Å². The second-order valence-electron chi connectivity index (χ2n) is 6.54. The third-order valence-corrected chi connectivity index (χ3v) is 5.47. The summed E-state index contributed by atoms with van der Waals surface area (Å²) >= 11 is 12.5. The first-order chi connectivity index (χ1) is 13.6. The predicted molar refractivity (Wildman–Crippen MR) is 108 cm³/mol. The van der Waals surface area contributed by atoms with Crippen LogP contribution in [0.25, 0.3) is 0 Å². The second kappa shape index (κ2) is 7.91. The molecule has 0 bridgehead atoms. The normalized spacial score (nSPS) is 18.8. The van der Waals surface area contributed by atoms with Gasteiger partial charge in [-0.05, 0) is 35.7 Å². The smallest absolute Gasteiger partial charge is 0.255 e. The Bertz CT molecular complexity index is 990. The largest absolute Gasteiger partial charge is 0.375 e. The zero-order chi connectivity index (χ0) is 19.7. The Labute approximate surface area is 172 Å². The number of halogens is 2. The third-order valence-electron chi connectivity index (χ3n) is 4.88. The highest BCUT2D eigenvalue weighted by Crippen LogP contribution is 2.43. The number of hydrogen-bond donors (Lipinski definition) is 0. The minimum absolute atomic E-state index is 0.0479. The van der Waals surface area contributed by atoms with Crippen LogP contribution in [-0.4, -0.2) is 34.4 Å². The molecule has 2 heterocycles. The van der Waals surface area contributed by atoms with Crippen LogP contribution in [0.4, 0.5) is 5.95 Å². The molecule has 1 aliphatic heterocycles. The van der Waals surface area contributed by atoms with E-state index in [1.807, 2.05) is 48.5 Å². The van der Waals surface area contributed by atoms with Crippen LogP contribution in [0.1, 0.15) is 29.6 Å². The molecule has 0 unspecified atom stereocenters. The van der Waals surface area contributed by atoms with Crippen LogP contribution in [0.15, 0.2) is 54.9 Å². The number of anilines is 1. The van der Waals surface area contributed by atoms with Crippen molar-refractivity contribution in [2.24, 2.45) is 0 Å². The third kappa shape index (κ3) is 3.39. The van der Waals surface area contributed by atoms with E-state index < -0.39 is 0 Å². The van der Waals surface area contributed by atoms with Gasteiger partial charge in [0.05, 0.1) is 12.1 Å². The van der Waals surface area contributed by atoms with E-state index in [1.54, 1.807) is 9.58 Å². The molecule has 2 aromatic carbocycles. The molecule has 144 valence electrons. The average molecular weight is 417 g/mol. The Balaban J connectivity index is 1.84. The van der Waals surface area contributed by atoms with E-state index in [1.165, 1.54) is 13.4 Å². The summed E-state index contributed by atoms with van der Waals surface area (Å²) in [6, 6.07) is 14.7. The summed E-state index contributed by atoms with van der Waals surface area (Å²) in [4.78, 5) is 18.9. The van der Waals surface area contributed by atoms with Gasteiger partial charge in [0.15, 0.2) is 0 Å². The Kier molecular flexibility index (Phi) is 5.35. The lowest BCUT2D eigenvalue weighted by Crippen LogP contribution is -2.44. The molecule has 1 aliphatic rings. The van der Waals surface area contributed by atoms with Gasteiger partial charge in [0.2, 0.25) is 5.95 Å². The van der Waals surface area contributed by atoms with Crippen molar-refractivity contribution < 1.29 is 9.53 Å². The van der Waals surface area contributed by atoms with Gasteiger partial charge in [0, 0.05) is 17.2 Å². The van der Waals surface area contributed by atoms with Gasteiger partial charge in [-0.15, -0.1) is 0 Å². The fourth-order valence-electron chi connectivity index (χ4n) is 3.64. The lowest BCUT2D eigenvalue weighted by atomic mass is 9.92. The van der Waals surface area contributed by atoms with Crippen LogP contribution in [-0.2, 0) is 9.53 Å². The summed E-state index contributed by atoms with van der Waals surface area (Å²) in [7, 11) is 1.50. The molecule has 28 heavy (non-hydrogen) atoms. The highest BCUT2D eigenvalue weighted by molar-refractivity contribution is 6.31. The van der Waals surface area contributed by atoms with Gasteiger partial charge < -0.3 is 4.74 Å². The van der Waals surface area contributed by atoms with Crippen LogP contribution in [0, 0.1) is 0 Å². The molecule has 0 radical (unpaired) electrons. The zero-order valence-corrected chi connectivity index (χ0v) is 16.6. The summed E-state index contributed by atoms with van der Waals surface area (Å²) in [5, 5.41) is 5.67. The van der Waals surface area contributed by atoms with Gasteiger partial charge in [0.1, 0.15) is 12.9 Å². The number of amides is 1. The first-order valence-electron chi connectivity index (χ1n) is 8.80. The van der Waals surface area contributed by atoms with E-state index in [0.29, 0.717) is 22.4 Å². The molecular formula is C20H18Cl2N4O2. The summed E-state index contributed by atoms with van der Waals surface area (Å²) < 4.78 is 6.84. The minimum atomic E-state index is -0.252. The highest BCUT2D eigenvalue weighted by atomic mass is 35.5. The van der Waals surface area contributed by atoms with Gasteiger partial charge in [-0.3, -0.25) is 9.69 Å². The molecule has 0 saturated heterocycles.